The summed E-state index contributed by atoms with van der Waals surface area (Å²) in [6.45, 7) is 7.93. The van der Waals surface area contributed by atoms with Crippen LogP contribution in [0.15, 0.2) is 0 Å². The Kier molecular flexibility index (Phi) is 5.07. The molecule has 6 heteroatoms. The third-order valence-corrected chi connectivity index (χ3v) is 3.42. The number of aromatic nitrogens is 4. The van der Waals surface area contributed by atoms with Crippen LogP contribution in [-0.4, -0.2) is 40.0 Å². The maximum Gasteiger partial charge on any atom is 0.167 e. The number of ether oxygens (including phenoxy) is 1. The van der Waals surface area contributed by atoms with Crippen molar-refractivity contribution in [1.29, 1.82) is 0 Å². The van der Waals surface area contributed by atoms with Crippen LogP contribution in [0.2, 0.25) is 0 Å². The predicted octanol–water partition coefficient (Wildman–Crippen LogP) is 1.16. The Hall–Kier alpha value is -1.01. The summed E-state index contributed by atoms with van der Waals surface area (Å²) in [5.74, 6) is 1.60. The molecule has 0 bridgehead atoms. The lowest BCUT2D eigenvalue weighted by molar-refractivity contribution is 0.182. The van der Waals surface area contributed by atoms with Gasteiger partial charge in [0.1, 0.15) is 0 Å². The molecule has 0 aliphatic carbocycles. The molecule has 18 heavy (non-hydrogen) atoms. The van der Waals surface area contributed by atoms with E-state index in [1.807, 2.05) is 4.68 Å². The molecule has 1 aromatic heterocycles. The third kappa shape index (κ3) is 3.49. The van der Waals surface area contributed by atoms with Crippen molar-refractivity contribution >= 4 is 0 Å². The van der Waals surface area contributed by atoms with Crippen molar-refractivity contribution in [2.24, 2.45) is 5.92 Å². The van der Waals surface area contributed by atoms with Crippen LogP contribution in [0.3, 0.4) is 0 Å². The standard InChI is InChI=1S/C12H23N5O/c1-3-6-13-10(2)12-14-15-16-17(12)7-4-11-5-8-18-9-11/h10-11,13H,3-9H2,1-2H3. The van der Waals surface area contributed by atoms with Gasteiger partial charge in [0.15, 0.2) is 5.82 Å². The van der Waals surface area contributed by atoms with Crippen molar-refractivity contribution in [3.63, 3.8) is 0 Å². The van der Waals surface area contributed by atoms with Gasteiger partial charge in [0, 0.05) is 19.8 Å². The molecule has 0 amide bonds. The lowest BCUT2D eigenvalue weighted by atomic mass is 10.1. The first-order valence-electron chi connectivity index (χ1n) is 6.88. The Morgan fingerprint density at radius 1 is 1.56 bits per heavy atom. The van der Waals surface area contributed by atoms with Gasteiger partial charge in [-0.25, -0.2) is 4.68 Å². The van der Waals surface area contributed by atoms with Gasteiger partial charge in [-0.3, -0.25) is 0 Å². The fourth-order valence-corrected chi connectivity index (χ4v) is 2.25. The highest BCUT2D eigenvalue weighted by Gasteiger charge is 2.18. The summed E-state index contributed by atoms with van der Waals surface area (Å²) in [5, 5.41) is 15.4. The summed E-state index contributed by atoms with van der Waals surface area (Å²) >= 11 is 0. The largest absolute Gasteiger partial charge is 0.381 e. The molecule has 0 spiro atoms. The van der Waals surface area contributed by atoms with Gasteiger partial charge in [0.05, 0.1) is 6.04 Å². The van der Waals surface area contributed by atoms with Gasteiger partial charge >= 0.3 is 0 Å². The fraction of sp³-hybridized carbons (Fsp3) is 0.917. The van der Waals surface area contributed by atoms with Crippen LogP contribution in [0.25, 0.3) is 0 Å². The molecule has 6 nitrogen and oxygen atoms in total. The Morgan fingerprint density at radius 3 is 3.17 bits per heavy atom. The number of nitrogens with one attached hydrogen (secondary N) is 1. The van der Waals surface area contributed by atoms with Gasteiger partial charge in [-0.2, -0.15) is 0 Å². The van der Waals surface area contributed by atoms with Gasteiger partial charge < -0.3 is 10.1 Å². The van der Waals surface area contributed by atoms with Gasteiger partial charge in [-0.15, -0.1) is 5.10 Å². The average molecular weight is 253 g/mol. The van der Waals surface area contributed by atoms with Gasteiger partial charge in [0.25, 0.3) is 0 Å². The van der Waals surface area contributed by atoms with E-state index >= 15 is 0 Å². The first-order chi connectivity index (χ1) is 8.81. The minimum atomic E-state index is 0.208. The molecule has 0 saturated carbocycles. The van der Waals surface area contributed by atoms with Crippen molar-refractivity contribution in [1.82, 2.24) is 25.5 Å². The zero-order valence-corrected chi connectivity index (χ0v) is 11.3. The highest BCUT2D eigenvalue weighted by molar-refractivity contribution is 4.89. The third-order valence-electron chi connectivity index (χ3n) is 3.42. The minimum Gasteiger partial charge on any atom is -0.381 e. The molecule has 1 aromatic rings. The van der Waals surface area contributed by atoms with Crippen LogP contribution in [-0.2, 0) is 11.3 Å². The lowest BCUT2D eigenvalue weighted by Gasteiger charge is -2.13. The normalized spacial score (nSPS) is 21.3. The number of rotatable bonds is 7. The van der Waals surface area contributed by atoms with E-state index in [2.05, 4.69) is 34.7 Å². The van der Waals surface area contributed by atoms with E-state index in [-0.39, 0.29) is 6.04 Å². The molecule has 1 saturated heterocycles. The molecule has 2 heterocycles. The van der Waals surface area contributed by atoms with E-state index in [1.165, 1.54) is 6.42 Å². The van der Waals surface area contributed by atoms with Crippen LogP contribution in [0.1, 0.15) is 45.0 Å². The zero-order valence-electron chi connectivity index (χ0n) is 11.3. The van der Waals surface area contributed by atoms with Crippen molar-refractivity contribution in [2.45, 2.75) is 45.7 Å². The van der Waals surface area contributed by atoms with E-state index in [1.54, 1.807) is 0 Å². The fourth-order valence-electron chi connectivity index (χ4n) is 2.25. The van der Waals surface area contributed by atoms with Crippen molar-refractivity contribution in [2.75, 3.05) is 19.8 Å². The molecule has 2 rings (SSSR count). The van der Waals surface area contributed by atoms with E-state index in [4.69, 9.17) is 4.74 Å². The van der Waals surface area contributed by atoms with E-state index in [9.17, 15) is 0 Å². The second-order valence-electron chi connectivity index (χ2n) is 4.95. The van der Waals surface area contributed by atoms with Crippen LogP contribution < -0.4 is 5.32 Å². The highest BCUT2D eigenvalue weighted by Crippen LogP contribution is 2.17. The number of hydrogen-bond acceptors (Lipinski definition) is 5. The summed E-state index contributed by atoms with van der Waals surface area (Å²) < 4.78 is 7.31. The molecule has 1 fully saturated rings. The number of nitrogens with zero attached hydrogens (tertiary/aromatic N) is 4. The second kappa shape index (κ2) is 6.80. The molecule has 2 atom stereocenters. The van der Waals surface area contributed by atoms with Crippen LogP contribution in [0.4, 0.5) is 0 Å². The summed E-state index contributed by atoms with van der Waals surface area (Å²) in [4.78, 5) is 0. The topological polar surface area (TPSA) is 64.9 Å². The minimum absolute atomic E-state index is 0.208. The van der Waals surface area contributed by atoms with Crippen molar-refractivity contribution in [3.8, 4) is 0 Å². The summed E-state index contributed by atoms with van der Waals surface area (Å²) in [5.41, 5.74) is 0. The number of tetrazole rings is 1. The first-order valence-corrected chi connectivity index (χ1v) is 6.88. The lowest BCUT2D eigenvalue weighted by Crippen LogP contribution is -2.23. The van der Waals surface area contributed by atoms with E-state index < -0.39 is 0 Å². The van der Waals surface area contributed by atoms with Gasteiger partial charge in [-0.05, 0) is 49.1 Å². The van der Waals surface area contributed by atoms with Gasteiger partial charge in [0.2, 0.25) is 0 Å². The Balaban J connectivity index is 1.86. The summed E-state index contributed by atoms with van der Waals surface area (Å²) in [6, 6.07) is 0.208. The maximum absolute atomic E-state index is 5.38. The van der Waals surface area contributed by atoms with Crippen molar-refractivity contribution < 1.29 is 4.74 Å². The number of hydrogen-bond donors (Lipinski definition) is 1. The molecule has 0 radical (unpaired) electrons. The quantitative estimate of drug-likeness (QED) is 0.790. The van der Waals surface area contributed by atoms with Crippen LogP contribution in [0.5, 0.6) is 0 Å². The zero-order chi connectivity index (χ0) is 12.8. The van der Waals surface area contributed by atoms with Gasteiger partial charge in [-0.1, -0.05) is 6.92 Å². The Labute approximate surface area is 108 Å². The first kappa shape index (κ1) is 13.4. The maximum atomic E-state index is 5.38. The molecule has 1 aliphatic heterocycles. The van der Waals surface area contributed by atoms with E-state index in [0.29, 0.717) is 5.92 Å². The Bertz CT molecular complexity index is 348. The molecule has 1 N–H and O–H groups in total. The van der Waals surface area contributed by atoms with Crippen LogP contribution in [0, 0.1) is 5.92 Å². The van der Waals surface area contributed by atoms with Crippen LogP contribution >= 0.6 is 0 Å². The number of aryl methyl sites for hydroxylation is 1. The summed E-state index contributed by atoms with van der Waals surface area (Å²) in [7, 11) is 0. The molecule has 2 unspecified atom stereocenters. The molecular formula is C12H23N5O. The highest BCUT2D eigenvalue weighted by atomic mass is 16.5. The molecular weight excluding hydrogens is 230 g/mol. The summed E-state index contributed by atoms with van der Waals surface area (Å²) in [6.07, 6.45) is 3.38. The SMILES string of the molecule is CCCNC(C)c1nnnn1CCC1CCOC1. The Morgan fingerprint density at radius 2 is 2.44 bits per heavy atom. The monoisotopic (exact) mass is 253 g/mol. The second-order valence-corrected chi connectivity index (χ2v) is 4.95. The average Bonchev–Trinajstić information content (AvgIpc) is 3.03. The van der Waals surface area contributed by atoms with E-state index in [0.717, 1.165) is 45.0 Å². The molecule has 102 valence electrons. The molecule has 1 aliphatic rings. The predicted molar refractivity (Wildman–Crippen MR) is 68.1 cm³/mol. The smallest absolute Gasteiger partial charge is 0.167 e. The molecule has 0 aromatic carbocycles. The van der Waals surface area contributed by atoms with Crippen molar-refractivity contribution in [3.05, 3.63) is 5.82 Å².